The Kier molecular flexibility index (Phi) is 3.08. The van der Waals surface area contributed by atoms with Crippen LogP contribution >= 0.6 is 31.9 Å². The number of alkyl halides is 2. The second-order valence-corrected chi connectivity index (χ2v) is 10.1. The molecule has 68 valence electrons. The summed E-state index contributed by atoms with van der Waals surface area (Å²) < 4.78 is 60.1. The van der Waals surface area contributed by atoms with Gasteiger partial charge in [0.1, 0.15) is 0 Å². The van der Waals surface area contributed by atoms with Gasteiger partial charge in [-0.2, -0.15) is 16.8 Å². The summed E-state index contributed by atoms with van der Waals surface area (Å²) in [5.41, 5.74) is 0. The van der Waals surface area contributed by atoms with Crippen LogP contribution in [0, 0.1) is 0 Å². The zero-order valence-corrected chi connectivity index (χ0v) is 9.27. The molecule has 0 unspecified atom stereocenters. The Morgan fingerprint density at radius 2 is 1.09 bits per heavy atom. The molecule has 0 saturated carbocycles. The maximum absolute atomic E-state index is 11.9. The summed E-state index contributed by atoms with van der Waals surface area (Å²) in [5, 5.41) is 0. The molecule has 0 saturated heterocycles. The Morgan fingerprint density at radius 1 is 0.909 bits per heavy atom. The molecule has 10 heteroatoms. The first-order valence-electron chi connectivity index (χ1n) is 1.76. The smallest absolute Gasteiger partial charge is 0.191 e. The summed E-state index contributed by atoms with van der Waals surface area (Å²) >= 11 is 3.63. The van der Waals surface area contributed by atoms with Gasteiger partial charge < -0.3 is 0 Å². The van der Waals surface area contributed by atoms with Crippen molar-refractivity contribution in [2.45, 2.75) is 1.90 Å². The largest absolute Gasteiger partial charge is 0.346 e. The molecule has 0 radical (unpaired) electrons. The Hall–Kier alpha value is 0.720. The van der Waals surface area contributed by atoms with E-state index >= 15 is 0 Å². The summed E-state index contributed by atoms with van der Waals surface area (Å²) in [6.45, 7) is 0. The van der Waals surface area contributed by atoms with Gasteiger partial charge in [0.15, 0.2) is 0 Å². The van der Waals surface area contributed by atoms with Crippen LogP contribution in [-0.2, 0) is 20.4 Å². The van der Waals surface area contributed by atoms with Gasteiger partial charge in [-0.1, -0.05) is 0 Å². The molecule has 0 N–H and O–H groups in total. The second kappa shape index (κ2) is 2.89. The van der Waals surface area contributed by atoms with Crippen LogP contribution in [0.15, 0.2) is 0 Å². The predicted molar refractivity (Wildman–Crippen MR) is 40.6 cm³/mol. The third kappa shape index (κ3) is 2.33. The van der Waals surface area contributed by atoms with Crippen molar-refractivity contribution in [2.24, 2.45) is 0 Å². The Bertz CT molecular complexity index is 306. The third-order valence-corrected chi connectivity index (χ3v) is 7.54. The van der Waals surface area contributed by atoms with E-state index in [9.17, 15) is 24.6 Å². The van der Waals surface area contributed by atoms with Crippen molar-refractivity contribution in [3.63, 3.8) is 0 Å². The number of hydrogen-bond acceptors (Lipinski definition) is 4. The Morgan fingerprint density at radius 3 is 1.09 bits per heavy atom. The maximum Gasteiger partial charge on any atom is 0.346 e. The van der Waals surface area contributed by atoms with Crippen molar-refractivity contribution in [1.82, 2.24) is 0 Å². The Labute approximate surface area is 78.6 Å². The molecule has 11 heavy (non-hydrogen) atoms. The number of rotatable bonds is 2. The molecule has 0 atom stereocenters. The zero-order valence-electron chi connectivity index (χ0n) is 4.46. The molecule has 0 aromatic rings. The highest BCUT2D eigenvalue weighted by atomic mass is 79.9. The summed E-state index contributed by atoms with van der Waals surface area (Å²) in [6.07, 6.45) is 0. The lowest BCUT2D eigenvalue weighted by Crippen LogP contribution is -2.28. The number of halogens is 4. The number of hydrogen-bond donors (Lipinski definition) is 0. The highest BCUT2D eigenvalue weighted by Crippen LogP contribution is 2.40. The molecule has 0 rings (SSSR count). The van der Waals surface area contributed by atoms with E-state index in [4.69, 9.17) is 0 Å². The zero-order chi connectivity index (χ0) is 9.50. The first-order chi connectivity index (χ1) is 4.50. The van der Waals surface area contributed by atoms with Crippen LogP contribution in [0.2, 0.25) is 0 Å². The SMILES string of the molecule is O=S(=O)(F)C(Br)(Br)S(=O)(=O)F. The van der Waals surface area contributed by atoms with Crippen molar-refractivity contribution in [3.8, 4) is 0 Å². The van der Waals surface area contributed by atoms with Gasteiger partial charge in [0.25, 0.3) is 0 Å². The van der Waals surface area contributed by atoms with Crippen molar-refractivity contribution >= 4 is 52.3 Å². The second-order valence-electron chi connectivity index (χ2n) is 1.34. The van der Waals surface area contributed by atoms with Crippen LogP contribution in [-0.4, -0.2) is 18.7 Å². The highest BCUT2D eigenvalue weighted by molar-refractivity contribution is 9.30. The first kappa shape index (κ1) is 11.7. The summed E-state index contributed by atoms with van der Waals surface area (Å²) in [5.74, 6) is 0. The van der Waals surface area contributed by atoms with Crippen molar-refractivity contribution in [3.05, 3.63) is 0 Å². The maximum atomic E-state index is 11.9. The minimum Gasteiger partial charge on any atom is -0.191 e. The van der Waals surface area contributed by atoms with Gasteiger partial charge in [0.2, 0.25) is 0 Å². The lowest BCUT2D eigenvalue weighted by atomic mass is 11.9. The van der Waals surface area contributed by atoms with Gasteiger partial charge in [-0.25, -0.2) is 0 Å². The van der Waals surface area contributed by atoms with Gasteiger partial charge >= 0.3 is 22.3 Å². The molecule has 0 aliphatic rings. The van der Waals surface area contributed by atoms with Crippen LogP contribution in [0.1, 0.15) is 0 Å². The molecule has 4 nitrogen and oxygen atoms in total. The lowest BCUT2D eigenvalue weighted by Gasteiger charge is -2.08. The molecule has 0 amide bonds. The highest BCUT2D eigenvalue weighted by Gasteiger charge is 2.53. The van der Waals surface area contributed by atoms with E-state index in [0.717, 1.165) is 0 Å². The summed E-state index contributed by atoms with van der Waals surface area (Å²) in [6, 6.07) is 0. The topological polar surface area (TPSA) is 68.3 Å². The predicted octanol–water partition coefficient (Wildman–Crippen LogP) is 0.986. The lowest BCUT2D eigenvalue weighted by molar-refractivity contribution is 0.536. The fourth-order valence-corrected chi connectivity index (χ4v) is 1.07. The van der Waals surface area contributed by atoms with Gasteiger partial charge in [0.05, 0.1) is 0 Å². The van der Waals surface area contributed by atoms with Gasteiger partial charge in [-0.05, 0) is 31.9 Å². The quantitative estimate of drug-likeness (QED) is 0.556. The minimum absolute atomic E-state index is 1.81. The molecular formula is CBr2F2O4S2. The van der Waals surface area contributed by atoms with Gasteiger partial charge in [0, 0.05) is 0 Å². The fraction of sp³-hybridized carbons (Fsp3) is 1.00. The molecule has 0 spiro atoms. The van der Waals surface area contributed by atoms with Crippen molar-refractivity contribution in [2.75, 3.05) is 0 Å². The molecule has 0 aromatic carbocycles. The van der Waals surface area contributed by atoms with Crippen LogP contribution in [0.25, 0.3) is 0 Å². The van der Waals surface area contributed by atoms with E-state index in [1.54, 1.807) is 0 Å². The average Bonchev–Trinajstić information content (AvgIpc) is 1.58. The van der Waals surface area contributed by atoms with Crippen LogP contribution in [0.5, 0.6) is 0 Å². The normalized spacial score (nSPS) is 14.9. The summed E-state index contributed by atoms with van der Waals surface area (Å²) in [7, 11) is -11.2. The van der Waals surface area contributed by atoms with E-state index in [1.807, 2.05) is 31.9 Å². The fourth-order valence-electron chi connectivity index (χ4n) is 0.119. The van der Waals surface area contributed by atoms with Crippen molar-refractivity contribution < 1.29 is 24.6 Å². The molecule has 0 heterocycles. The molecule has 0 bridgehead atoms. The van der Waals surface area contributed by atoms with E-state index in [1.165, 1.54) is 0 Å². The molecule has 0 aliphatic carbocycles. The molecule has 0 fully saturated rings. The standard InChI is InChI=1S/CBr2F2O4S2/c2-1(3,10(4,6)7)11(5,8)9. The monoisotopic (exact) mass is 336 g/mol. The Balaban J connectivity index is 5.45. The first-order valence-corrected chi connectivity index (χ1v) is 6.11. The average molecular weight is 338 g/mol. The van der Waals surface area contributed by atoms with Gasteiger partial charge in [-0.15, -0.1) is 7.77 Å². The summed E-state index contributed by atoms with van der Waals surface area (Å²) in [4.78, 5) is 0. The van der Waals surface area contributed by atoms with Crippen LogP contribution in [0.4, 0.5) is 7.77 Å². The molecule has 0 aromatic heterocycles. The van der Waals surface area contributed by atoms with Crippen molar-refractivity contribution in [1.29, 1.82) is 0 Å². The van der Waals surface area contributed by atoms with E-state index < -0.39 is 22.3 Å². The van der Waals surface area contributed by atoms with E-state index in [-0.39, 0.29) is 0 Å². The third-order valence-electron chi connectivity index (χ3n) is 0.568. The molecular weight excluding hydrogens is 338 g/mol. The van der Waals surface area contributed by atoms with Crippen LogP contribution in [0.3, 0.4) is 0 Å². The van der Waals surface area contributed by atoms with Crippen LogP contribution < -0.4 is 0 Å². The van der Waals surface area contributed by atoms with Gasteiger partial charge in [-0.3, -0.25) is 0 Å². The van der Waals surface area contributed by atoms with E-state index in [0.29, 0.717) is 0 Å². The van der Waals surface area contributed by atoms with E-state index in [2.05, 4.69) is 0 Å². The minimum atomic E-state index is -5.59. The molecule has 0 aliphatic heterocycles.